The first-order valence-corrected chi connectivity index (χ1v) is 28.0. The summed E-state index contributed by atoms with van der Waals surface area (Å²) in [6, 6.07) is 4.58. The van der Waals surface area contributed by atoms with E-state index in [0.717, 1.165) is 5.56 Å². The molecule has 3 aliphatic heterocycles. The number of nitrogens with zero attached hydrogens (tertiary/aromatic N) is 4. The third-order valence-corrected chi connectivity index (χ3v) is 17.3. The number of carbonyl (C=O) groups is 1. The number of aromatic nitrogens is 2. The maximum atomic E-state index is 14.5. The molecule has 1 aromatic carbocycles. The van der Waals surface area contributed by atoms with Gasteiger partial charge in [-0.15, -0.1) is 0 Å². The Morgan fingerprint density at radius 2 is 1.66 bits per heavy atom. The number of benzene rings is 1. The molecule has 0 amide bonds. The SMILES string of the molecule is CC[C@H]1OC(=O)[C@H](C)[C@@H](O[C@H]2C[C@@](C)(OC)[C@@H](O)[C@H](C)O2)[C@H](C)[C@@H](O[C@@H]2O[C@H](C)C[C@H](N(C)CCc3cn([C@H](CF)Cc4ccc(S(N)(=O)=O)cc4)cn3)[C@H]2O)[C@](C)(O)CC[C@@H](C)CN(C)[C@H](C)[C@@H](O)C[C@]1(C)O. The fraction of sp³-hybridized carbons (Fsp3) is 0.811. The van der Waals surface area contributed by atoms with Gasteiger partial charge in [0, 0.05) is 63.7 Å². The van der Waals surface area contributed by atoms with Gasteiger partial charge in [-0.25, -0.2) is 22.9 Å². The summed E-state index contributed by atoms with van der Waals surface area (Å²) >= 11 is 0. The molecular formula is C53H90FN5O14S. The average molecular weight is 1070 g/mol. The van der Waals surface area contributed by atoms with Gasteiger partial charge in [-0.1, -0.05) is 32.9 Å². The summed E-state index contributed by atoms with van der Waals surface area (Å²) in [7, 11) is 1.42. The van der Waals surface area contributed by atoms with E-state index in [4.69, 9.17) is 33.6 Å². The maximum absolute atomic E-state index is 14.5. The van der Waals surface area contributed by atoms with Crippen molar-refractivity contribution in [2.24, 2.45) is 22.9 Å². The number of aliphatic hydroxyl groups is 5. The van der Waals surface area contributed by atoms with E-state index in [2.05, 4.69) is 11.9 Å². The number of likely N-dealkylation sites (N-methyl/N-ethyl adjacent to an activating group) is 2. The Labute approximate surface area is 439 Å². The van der Waals surface area contributed by atoms with E-state index in [1.54, 1.807) is 77.7 Å². The van der Waals surface area contributed by atoms with Crippen molar-refractivity contribution in [3.63, 3.8) is 0 Å². The van der Waals surface area contributed by atoms with Crippen LogP contribution >= 0.6 is 0 Å². The van der Waals surface area contributed by atoms with Gasteiger partial charge < -0.3 is 68.3 Å². The molecule has 0 bridgehead atoms. The standard InChI is InChI=1S/C53H90FN5O14S/c1-14-43-52(9,65)25-42(60)35(6)58(12)28-31(2)19-21-51(8,64)48(33(4)46(34(5)49(63)71-43)72-44-26-53(10,68-13)47(62)36(7)70-44)73-50-45(61)41(23-32(3)69-50)57(11)22-20-38-29-59(30-56-38)39(27-54)24-37-15-17-40(18-16-37)74(55,66)67/h15-18,29-36,39,41-48,50,60-62,64-65H,14,19-28H2,1-13H3,(H2,55,66,67)/t31-,32-,33+,34-,35-,36+,39+,41+,42+,43-,44+,45-,46+,47+,48-,50+,51-,52+,53-/m1/s1. The van der Waals surface area contributed by atoms with Gasteiger partial charge in [0.25, 0.3) is 0 Å². The van der Waals surface area contributed by atoms with Crippen LogP contribution in [0.2, 0.25) is 0 Å². The van der Waals surface area contributed by atoms with Crippen molar-refractivity contribution in [3.05, 3.63) is 48.0 Å². The third kappa shape index (κ3) is 15.5. The molecule has 0 aliphatic carbocycles. The molecule has 19 atom stereocenters. The van der Waals surface area contributed by atoms with Crippen LogP contribution in [0.4, 0.5) is 4.39 Å². The second-order valence-electron chi connectivity index (χ2n) is 22.7. The monoisotopic (exact) mass is 1070 g/mol. The van der Waals surface area contributed by atoms with Crippen LogP contribution in [0.5, 0.6) is 0 Å². The summed E-state index contributed by atoms with van der Waals surface area (Å²) in [6.45, 7) is 18.1. The van der Waals surface area contributed by atoms with Crippen molar-refractivity contribution in [1.29, 1.82) is 0 Å². The highest BCUT2D eigenvalue weighted by Gasteiger charge is 2.52. The van der Waals surface area contributed by atoms with Crippen LogP contribution in [0, 0.1) is 17.8 Å². The van der Waals surface area contributed by atoms with E-state index in [1.807, 2.05) is 37.7 Å². The highest BCUT2D eigenvalue weighted by atomic mass is 32.2. The van der Waals surface area contributed by atoms with Crippen molar-refractivity contribution in [1.82, 2.24) is 19.4 Å². The molecule has 3 aliphatic rings. The first-order valence-electron chi connectivity index (χ1n) is 26.4. The number of hydrogen-bond donors (Lipinski definition) is 6. The van der Waals surface area contributed by atoms with Gasteiger partial charge in [0.1, 0.15) is 30.6 Å². The number of hydrogen-bond acceptors (Lipinski definition) is 17. The number of sulfonamides is 1. The molecule has 4 heterocycles. The first-order chi connectivity index (χ1) is 34.4. The molecule has 21 heteroatoms. The number of esters is 1. The Morgan fingerprint density at radius 1 is 1.00 bits per heavy atom. The van der Waals surface area contributed by atoms with Crippen molar-refractivity contribution in [2.45, 2.75) is 222 Å². The Bertz CT molecular complexity index is 2190. The Balaban J connectivity index is 1.43. The Kier molecular flexibility index (Phi) is 21.7. The number of halogens is 1. The third-order valence-electron chi connectivity index (χ3n) is 16.4. The van der Waals surface area contributed by atoms with Crippen LogP contribution in [0.3, 0.4) is 0 Å². The number of imidazole rings is 1. The molecule has 0 saturated carbocycles. The van der Waals surface area contributed by atoms with Gasteiger partial charge >= 0.3 is 5.97 Å². The lowest BCUT2D eigenvalue weighted by molar-refractivity contribution is -0.318. The number of ether oxygens (including phenoxy) is 6. The zero-order valence-electron chi connectivity index (χ0n) is 46.0. The fourth-order valence-electron chi connectivity index (χ4n) is 11.2. The predicted octanol–water partition coefficient (Wildman–Crippen LogP) is 3.89. The topological polar surface area (TPSA) is 258 Å². The molecule has 3 saturated heterocycles. The van der Waals surface area contributed by atoms with E-state index < -0.39 is 125 Å². The number of aliphatic hydroxyl groups excluding tert-OH is 3. The van der Waals surface area contributed by atoms with Gasteiger partial charge in [-0.3, -0.25) is 4.79 Å². The van der Waals surface area contributed by atoms with Gasteiger partial charge in [0.05, 0.1) is 70.6 Å². The number of alkyl halides is 1. The average Bonchev–Trinajstić information content (AvgIpc) is 3.81. The molecule has 5 rings (SSSR count). The zero-order chi connectivity index (χ0) is 55.2. The van der Waals surface area contributed by atoms with Crippen LogP contribution in [-0.2, 0) is 56.1 Å². The molecule has 0 spiro atoms. The molecule has 0 radical (unpaired) electrons. The number of cyclic esters (lactones) is 1. The number of carbonyl (C=O) groups excluding carboxylic acids is 1. The number of nitrogens with two attached hydrogens (primary N) is 1. The molecular weight excluding hydrogens is 982 g/mol. The van der Waals surface area contributed by atoms with E-state index >= 15 is 0 Å². The molecule has 74 heavy (non-hydrogen) atoms. The lowest BCUT2D eigenvalue weighted by Gasteiger charge is -2.48. The van der Waals surface area contributed by atoms with Gasteiger partial charge in [0.15, 0.2) is 12.6 Å². The van der Waals surface area contributed by atoms with Crippen LogP contribution < -0.4 is 5.14 Å². The van der Waals surface area contributed by atoms with Crippen LogP contribution in [-0.4, -0.2) is 191 Å². The van der Waals surface area contributed by atoms with Crippen molar-refractivity contribution >= 4 is 16.0 Å². The fourth-order valence-corrected chi connectivity index (χ4v) is 11.7. The highest BCUT2D eigenvalue weighted by molar-refractivity contribution is 7.89. The summed E-state index contributed by atoms with van der Waals surface area (Å²) in [5.41, 5.74) is -2.89. The van der Waals surface area contributed by atoms with Gasteiger partial charge in [-0.05, 0) is 118 Å². The minimum absolute atomic E-state index is 0.0173. The number of primary sulfonamides is 1. The molecule has 7 N–H and O–H groups in total. The van der Waals surface area contributed by atoms with Crippen LogP contribution in [0.25, 0.3) is 0 Å². The van der Waals surface area contributed by atoms with Crippen LogP contribution in [0.1, 0.15) is 125 Å². The quantitative estimate of drug-likeness (QED) is 0.138. The zero-order valence-corrected chi connectivity index (χ0v) is 46.9. The largest absolute Gasteiger partial charge is 0.459 e. The molecule has 19 nitrogen and oxygen atoms in total. The lowest BCUT2D eigenvalue weighted by atomic mass is 9.78. The number of methoxy groups -OCH3 is 1. The van der Waals surface area contributed by atoms with E-state index in [9.17, 15) is 43.1 Å². The Hall–Kier alpha value is -2.74. The molecule has 424 valence electrons. The molecule has 2 aromatic rings. The summed E-state index contributed by atoms with van der Waals surface area (Å²) < 4.78 is 78.0. The van der Waals surface area contributed by atoms with E-state index in [1.165, 1.54) is 19.2 Å². The maximum Gasteiger partial charge on any atom is 0.311 e. The van der Waals surface area contributed by atoms with E-state index in [0.29, 0.717) is 44.5 Å². The summed E-state index contributed by atoms with van der Waals surface area (Å²) in [5, 5.41) is 64.7. The minimum Gasteiger partial charge on any atom is -0.459 e. The summed E-state index contributed by atoms with van der Waals surface area (Å²) in [5.74, 6) is -2.58. The minimum atomic E-state index is -3.86. The highest BCUT2D eigenvalue weighted by Crippen LogP contribution is 2.40. The number of rotatable bonds is 15. The van der Waals surface area contributed by atoms with Crippen molar-refractivity contribution in [3.8, 4) is 0 Å². The van der Waals surface area contributed by atoms with Gasteiger partial charge in [-0.2, -0.15) is 0 Å². The molecule has 1 aromatic heterocycles. The summed E-state index contributed by atoms with van der Waals surface area (Å²) in [4.78, 5) is 23.1. The molecule has 3 fully saturated rings. The van der Waals surface area contributed by atoms with Gasteiger partial charge in [0.2, 0.25) is 10.0 Å². The lowest BCUT2D eigenvalue weighted by Crippen LogP contribution is -2.60. The second kappa shape index (κ2) is 25.8. The van der Waals surface area contributed by atoms with E-state index in [-0.39, 0.29) is 42.5 Å². The molecule has 0 unspecified atom stereocenters. The predicted molar refractivity (Wildman–Crippen MR) is 275 cm³/mol. The Morgan fingerprint density at radius 3 is 2.27 bits per heavy atom. The van der Waals surface area contributed by atoms with Crippen molar-refractivity contribution < 1.29 is 71.6 Å². The smallest absolute Gasteiger partial charge is 0.311 e. The van der Waals surface area contributed by atoms with Crippen molar-refractivity contribution in [2.75, 3.05) is 41.0 Å². The normalized spacial score (nSPS) is 39.4. The second-order valence-corrected chi connectivity index (χ2v) is 24.3. The first kappa shape index (κ1) is 62.1. The summed E-state index contributed by atoms with van der Waals surface area (Å²) in [6.07, 6.45) is -4.27. The van der Waals surface area contributed by atoms with Crippen LogP contribution in [0.15, 0.2) is 41.7 Å².